The molecule has 1 unspecified atom stereocenters. The third-order valence-electron chi connectivity index (χ3n) is 3.95. The van der Waals surface area contributed by atoms with Crippen LogP contribution in [-0.4, -0.2) is 60.4 Å². The minimum Gasteiger partial charge on any atom is -0.493 e. The van der Waals surface area contributed by atoms with Gasteiger partial charge in [0.15, 0.2) is 0 Å². The van der Waals surface area contributed by atoms with E-state index in [0.717, 1.165) is 5.75 Å². The molecule has 1 aromatic rings. The van der Waals surface area contributed by atoms with Crippen molar-refractivity contribution in [1.29, 1.82) is 0 Å². The zero-order chi connectivity index (χ0) is 15.9. The summed E-state index contributed by atoms with van der Waals surface area (Å²) in [6.45, 7) is 4.78. The molecule has 1 saturated heterocycles. The fourth-order valence-electron chi connectivity index (χ4n) is 2.47. The van der Waals surface area contributed by atoms with Crippen molar-refractivity contribution in [1.82, 2.24) is 9.80 Å². The number of amides is 2. The maximum absolute atomic E-state index is 12.1. The summed E-state index contributed by atoms with van der Waals surface area (Å²) in [5.74, 6) is 0.536. The highest BCUT2D eigenvalue weighted by Gasteiger charge is 2.25. The highest BCUT2D eigenvalue weighted by atomic mass is 16.5. The smallest absolute Gasteiger partial charge is 0.234 e. The third-order valence-corrected chi connectivity index (χ3v) is 3.95. The van der Waals surface area contributed by atoms with Crippen LogP contribution < -0.4 is 10.5 Å². The van der Waals surface area contributed by atoms with Gasteiger partial charge in [-0.15, -0.1) is 0 Å². The van der Waals surface area contributed by atoms with E-state index in [4.69, 9.17) is 10.5 Å². The molecule has 0 aromatic heterocycles. The van der Waals surface area contributed by atoms with Gasteiger partial charge >= 0.3 is 0 Å². The molecule has 0 aliphatic carbocycles. The molecule has 0 radical (unpaired) electrons. The molecule has 1 atom stereocenters. The van der Waals surface area contributed by atoms with Crippen LogP contribution in [0.25, 0.3) is 0 Å². The lowest BCUT2D eigenvalue weighted by Gasteiger charge is -2.37. The van der Waals surface area contributed by atoms with Gasteiger partial charge in [-0.3, -0.25) is 14.5 Å². The van der Waals surface area contributed by atoms with Crippen LogP contribution in [0.5, 0.6) is 5.75 Å². The van der Waals surface area contributed by atoms with E-state index >= 15 is 0 Å². The fourth-order valence-corrected chi connectivity index (χ4v) is 2.47. The fraction of sp³-hybridized carbons (Fsp3) is 0.500. The van der Waals surface area contributed by atoms with E-state index in [1.807, 2.05) is 40.1 Å². The number of carbonyl (C=O) groups is 2. The number of primary amides is 1. The highest BCUT2D eigenvalue weighted by molar-refractivity contribution is 5.79. The number of nitrogens with two attached hydrogens (primary N) is 1. The summed E-state index contributed by atoms with van der Waals surface area (Å²) >= 11 is 0. The highest BCUT2D eigenvalue weighted by Crippen LogP contribution is 2.10. The first-order valence-corrected chi connectivity index (χ1v) is 7.57. The lowest BCUT2D eigenvalue weighted by molar-refractivity contribution is -0.134. The molecule has 2 rings (SSSR count). The lowest BCUT2D eigenvalue weighted by Crippen LogP contribution is -2.54. The Bertz CT molecular complexity index is 499. The van der Waals surface area contributed by atoms with Crippen LogP contribution in [0.1, 0.15) is 13.3 Å². The Morgan fingerprint density at radius 1 is 1.18 bits per heavy atom. The van der Waals surface area contributed by atoms with Crippen molar-refractivity contribution < 1.29 is 14.3 Å². The topological polar surface area (TPSA) is 75.9 Å². The summed E-state index contributed by atoms with van der Waals surface area (Å²) in [4.78, 5) is 27.1. The molecular weight excluding hydrogens is 282 g/mol. The second kappa shape index (κ2) is 7.79. The second-order valence-electron chi connectivity index (χ2n) is 5.41. The molecule has 2 N–H and O–H groups in total. The van der Waals surface area contributed by atoms with E-state index in [0.29, 0.717) is 39.2 Å². The van der Waals surface area contributed by atoms with Crippen LogP contribution in [0.3, 0.4) is 0 Å². The summed E-state index contributed by atoms with van der Waals surface area (Å²) in [6.07, 6.45) is 0.361. The molecule has 22 heavy (non-hydrogen) atoms. The number of hydrogen-bond acceptors (Lipinski definition) is 4. The van der Waals surface area contributed by atoms with Gasteiger partial charge in [0.25, 0.3) is 0 Å². The summed E-state index contributed by atoms with van der Waals surface area (Å²) in [5, 5.41) is 0. The van der Waals surface area contributed by atoms with Gasteiger partial charge in [-0.05, 0) is 19.1 Å². The summed E-state index contributed by atoms with van der Waals surface area (Å²) in [7, 11) is 0. The van der Waals surface area contributed by atoms with Crippen molar-refractivity contribution in [3.05, 3.63) is 30.3 Å². The molecule has 1 heterocycles. The summed E-state index contributed by atoms with van der Waals surface area (Å²) in [5.41, 5.74) is 5.30. The van der Waals surface area contributed by atoms with E-state index in [2.05, 4.69) is 0 Å². The Balaban J connectivity index is 1.70. The van der Waals surface area contributed by atoms with Gasteiger partial charge in [0.1, 0.15) is 5.75 Å². The SMILES string of the molecule is CC(C(N)=O)N1CCN(C(=O)CCOc2ccccc2)CC1. The monoisotopic (exact) mass is 305 g/mol. The van der Waals surface area contributed by atoms with E-state index in [1.165, 1.54) is 0 Å². The molecule has 1 aliphatic heterocycles. The number of para-hydroxylation sites is 1. The number of ether oxygens (including phenoxy) is 1. The molecule has 6 nitrogen and oxygen atoms in total. The standard InChI is InChI=1S/C16H23N3O3/c1-13(16(17)21)18-8-10-19(11-9-18)15(20)7-12-22-14-5-3-2-4-6-14/h2-6,13H,7-12H2,1H3,(H2,17,21). The zero-order valence-electron chi connectivity index (χ0n) is 12.9. The van der Waals surface area contributed by atoms with Crippen LogP contribution >= 0.6 is 0 Å². The molecule has 0 saturated carbocycles. The van der Waals surface area contributed by atoms with Gasteiger partial charge in [-0.1, -0.05) is 18.2 Å². The zero-order valence-corrected chi connectivity index (χ0v) is 12.9. The van der Waals surface area contributed by atoms with Gasteiger partial charge in [-0.2, -0.15) is 0 Å². The van der Waals surface area contributed by atoms with Crippen LogP contribution in [0.2, 0.25) is 0 Å². The molecule has 6 heteroatoms. The molecule has 1 aromatic carbocycles. The van der Waals surface area contributed by atoms with Gasteiger partial charge in [-0.25, -0.2) is 0 Å². The molecule has 1 fully saturated rings. The average Bonchev–Trinajstić information content (AvgIpc) is 2.55. The molecular formula is C16H23N3O3. The maximum atomic E-state index is 12.1. The van der Waals surface area contributed by atoms with Gasteiger partial charge in [0, 0.05) is 26.2 Å². The van der Waals surface area contributed by atoms with E-state index in [9.17, 15) is 9.59 Å². The third kappa shape index (κ3) is 4.46. The van der Waals surface area contributed by atoms with E-state index in [1.54, 1.807) is 6.92 Å². The van der Waals surface area contributed by atoms with Crippen LogP contribution in [0.4, 0.5) is 0 Å². The van der Waals surface area contributed by atoms with Crippen molar-refractivity contribution in [2.75, 3.05) is 32.8 Å². The quantitative estimate of drug-likeness (QED) is 0.829. The van der Waals surface area contributed by atoms with Gasteiger partial charge in [0.2, 0.25) is 11.8 Å². The molecule has 120 valence electrons. The van der Waals surface area contributed by atoms with Crippen molar-refractivity contribution >= 4 is 11.8 Å². The van der Waals surface area contributed by atoms with Gasteiger partial charge < -0.3 is 15.4 Å². The van der Waals surface area contributed by atoms with E-state index < -0.39 is 0 Å². The largest absolute Gasteiger partial charge is 0.493 e. The lowest BCUT2D eigenvalue weighted by atomic mass is 10.2. The average molecular weight is 305 g/mol. The second-order valence-corrected chi connectivity index (χ2v) is 5.41. The number of nitrogens with zero attached hydrogens (tertiary/aromatic N) is 2. The normalized spacial score (nSPS) is 17.0. The Kier molecular flexibility index (Phi) is 5.77. The van der Waals surface area contributed by atoms with Crippen LogP contribution in [0.15, 0.2) is 30.3 Å². The number of hydrogen-bond donors (Lipinski definition) is 1. The Morgan fingerprint density at radius 2 is 1.82 bits per heavy atom. The first kappa shape index (κ1) is 16.3. The molecule has 0 spiro atoms. The minimum absolute atomic E-state index is 0.0855. The number of carbonyl (C=O) groups excluding carboxylic acids is 2. The molecule has 2 amide bonds. The Labute approximate surface area is 130 Å². The summed E-state index contributed by atoms with van der Waals surface area (Å²) < 4.78 is 5.54. The summed E-state index contributed by atoms with van der Waals surface area (Å²) in [6, 6.07) is 9.18. The number of benzene rings is 1. The predicted octanol–water partition coefficient (Wildman–Crippen LogP) is 0.474. The van der Waals surface area contributed by atoms with E-state index in [-0.39, 0.29) is 17.9 Å². The van der Waals surface area contributed by atoms with Crippen LogP contribution in [0, 0.1) is 0 Å². The van der Waals surface area contributed by atoms with Gasteiger partial charge in [0.05, 0.1) is 19.1 Å². The van der Waals surface area contributed by atoms with Crippen molar-refractivity contribution in [2.45, 2.75) is 19.4 Å². The van der Waals surface area contributed by atoms with Crippen molar-refractivity contribution in [3.8, 4) is 5.75 Å². The van der Waals surface area contributed by atoms with Crippen LogP contribution in [-0.2, 0) is 9.59 Å². The molecule has 0 bridgehead atoms. The Morgan fingerprint density at radius 3 is 2.41 bits per heavy atom. The van der Waals surface area contributed by atoms with Crippen molar-refractivity contribution in [3.63, 3.8) is 0 Å². The Hall–Kier alpha value is -2.08. The predicted molar refractivity (Wildman–Crippen MR) is 83.4 cm³/mol. The number of piperazine rings is 1. The minimum atomic E-state index is -0.323. The van der Waals surface area contributed by atoms with Crippen molar-refractivity contribution in [2.24, 2.45) is 5.73 Å². The first-order chi connectivity index (χ1) is 10.6. The first-order valence-electron chi connectivity index (χ1n) is 7.57. The maximum Gasteiger partial charge on any atom is 0.234 e. The molecule has 1 aliphatic rings. The number of rotatable bonds is 6.